The molecule has 2 bridgehead atoms. The first-order chi connectivity index (χ1) is 7.43. The molecule has 0 radical (unpaired) electrons. The van der Waals surface area contributed by atoms with Gasteiger partial charge in [0.2, 0.25) is 0 Å². The number of rotatable bonds is 2. The highest BCUT2D eigenvalue weighted by atomic mass is 16.5. The highest BCUT2D eigenvalue weighted by Gasteiger charge is 2.36. The summed E-state index contributed by atoms with van der Waals surface area (Å²) in [5.41, 5.74) is 1.43. The van der Waals surface area contributed by atoms with Crippen molar-refractivity contribution in [2.45, 2.75) is 31.5 Å². The molecule has 0 saturated carbocycles. The van der Waals surface area contributed by atoms with Crippen LogP contribution in [-0.2, 0) is 11.3 Å². The van der Waals surface area contributed by atoms with Crippen LogP contribution < -0.4 is 0 Å². The average molecular weight is 203 g/mol. The van der Waals surface area contributed by atoms with Crippen LogP contribution in [-0.4, -0.2) is 30.2 Å². The van der Waals surface area contributed by atoms with Gasteiger partial charge in [-0.3, -0.25) is 4.90 Å². The van der Waals surface area contributed by atoms with Crippen LogP contribution in [0.4, 0.5) is 0 Å². The van der Waals surface area contributed by atoms with Gasteiger partial charge < -0.3 is 4.74 Å². The molecule has 2 nitrogen and oxygen atoms in total. The number of hydrogen-bond acceptors (Lipinski definition) is 2. The Morgan fingerprint density at radius 3 is 2.40 bits per heavy atom. The molecule has 1 aromatic carbocycles. The minimum atomic E-state index is 0.670. The first kappa shape index (κ1) is 9.37. The van der Waals surface area contributed by atoms with E-state index in [1.165, 1.54) is 18.4 Å². The fourth-order valence-corrected chi connectivity index (χ4v) is 2.77. The molecule has 2 heteroatoms. The summed E-state index contributed by atoms with van der Waals surface area (Å²) in [5.74, 6) is 0. The Bertz CT molecular complexity index is 309. The van der Waals surface area contributed by atoms with Gasteiger partial charge in [-0.2, -0.15) is 0 Å². The van der Waals surface area contributed by atoms with Crippen molar-refractivity contribution in [3.8, 4) is 0 Å². The zero-order chi connectivity index (χ0) is 10.1. The molecule has 2 heterocycles. The van der Waals surface area contributed by atoms with Gasteiger partial charge in [0.25, 0.3) is 0 Å². The molecule has 2 saturated heterocycles. The van der Waals surface area contributed by atoms with Crippen molar-refractivity contribution < 1.29 is 4.74 Å². The third-order valence-corrected chi connectivity index (χ3v) is 3.60. The Balaban J connectivity index is 1.73. The molecule has 2 aliphatic heterocycles. The van der Waals surface area contributed by atoms with Gasteiger partial charge in [-0.05, 0) is 18.4 Å². The number of ether oxygens (including phenoxy) is 1. The quantitative estimate of drug-likeness (QED) is 0.729. The van der Waals surface area contributed by atoms with Crippen LogP contribution in [0.3, 0.4) is 0 Å². The van der Waals surface area contributed by atoms with Crippen LogP contribution in [0, 0.1) is 0 Å². The lowest BCUT2D eigenvalue weighted by Crippen LogP contribution is -2.45. The van der Waals surface area contributed by atoms with E-state index in [1.54, 1.807) is 0 Å². The number of morpholine rings is 1. The molecule has 3 rings (SSSR count). The third-order valence-electron chi connectivity index (χ3n) is 3.60. The minimum Gasteiger partial charge on any atom is -0.378 e. The smallest absolute Gasteiger partial charge is 0.0622 e. The molecule has 0 unspecified atom stereocenters. The topological polar surface area (TPSA) is 12.5 Å². The second-order valence-corrected chi connectivity index (χ2v) is 4.58. The van der Waals surface area contributed by atoms with Crippen LogP contribution in [0.25, 0.3) is 0 Å². The fourth-order valence-electron chi connectivity index (χ4n) is 2.77. The molecule has 15 heavy (non-hydrogen) atoms. The lowest BCUT2D eigenvalue weighted by atomic mass is 10.1. The van der Waals surface area contributed by atoms with E-state index in [1.807, 2.05) is 0 Å². The van der Waals surface area contributed by atoms with Crippen LogP contribution in [0.15, 0.2) is 30.3 Å². The van der Waals surface area contributed by atoms with E-state index in [9.17, 15) is 0 Å². The molecule has 2 atom stereocenters. The minimum absolute atomic E-state index is 0.670. The number of nitrogens with zero attached hydrogens (tertiary/aromatic N) is 1. The summed E-state index contributed by atoms with van der Waals surface area (Å²) >= 11 is 0. The van der Waals surface area contributed by atoms with E-state index in [0.29, 0.717) is 12.1 Å². The summed E-state index contributed by atoms with van der Waals surface area (Å²) in [6.45, 7) is 2.96. The third kappa shape index (κ3) is 1.80. The van der Waals surface area contributed by atoms with E-state index in [-0.39, 0.29) is 0 Å². The second-order valence-electron chi connectivity index (χ2n) is 4.58. The first-order valence-corrected chi connectivity index (χ1v) is 5.81. The van der Waals surface area contributed by atoms with Gasteiger partial charge in [-0.25, -0.2) is 0 Å². The van der Waals surface area contributed by atoms with Crippen LogP contribution in [0.2, 0.25) is 0 Å². The number of hydrogen-bond donors (Lipinski definition) is 0. The lowest BCUT2D eigenvalue weighted by molar-refractivity contribution is -0.0186. The molecule has 0 N–H and O–H groups in total. The lowest BCUT2D eigenvalue weighted by Gasteiger charge is -2.34. The maximum absolute atomic E-state index is 5.58. The summed E-state index contributed by atoms with van der Waals surface area (Å²) in [5, 5.41) is 0. The van der Waals surface area contributed by atoms with Gasteiger partial charge in [0, 0.05) is 18.6 Å². The maximum atomic E-state index is 5.58. The van der Waals surface area contributed by atoms with Crippen molar-refractivity contribution in [2.24, 2.45) is 0 Å². The Labute approximate surface area is 90.8 Å². The number of fused-ring (bicyclic) bond motifs is 2. The average Bonchev–Trinajstić information content (AvgIpc) is 2.53. The molecule has 2 aliphatic rings. The summed E-state index contributed by atoms with van der Waals surface area (Å²) in [6.07, 6.45) is 2.63. The maximum Gasteiger partial charge on any atom is 0.0622 e. The second kappa shape index (κ2) is 3.95. The molecule has 0 spiro atoms. The largest absolute Gasteiger partial charge is 0.378 e. The molecule has 2 fully saturated rings. The molecule has 1 aromatic rings. The monoisotopic (exact) mass is 203 g/mol. The first-order valence-electron chi connectivity index (χ1n) is 5.81. The summed E-state index contributed by atoms with van der Waals surface area (Å²) in [4.78, 5) is 2.62. The summed E-state index contributed by atoms with van der Waals surface area (Å²) < 4.78 is 5.58. The van der Waals surface area contributed by atoms with Crippen LogP contribution in [0.5, 0.6) is 0 Å². The van der Waals surface area contributed by atoms with Gasteiger partial charge >= 0.3 is 0 Å². The Kier molecular flexibility index (Phi) is 2.47. The molecular formula is C13H17NO. The summed E-state index contributed by atoms with van der Waals surface area (Å²) in [6, 6.07) is 12.1. The zero-order valence-electron chi connectivity index (χ0n) is 8.93. The predicted molar refractivity (Wildman–Crippen MR) is 59.6 cm³/mol. The predicted octanol–water partition coefficient (Wildman–Crippen LogP) is 2.05. The van der Waals surface area contributed by atoms with Crippen LogP contribution >= 0.6 is 0 Å². The normalized spacial score (nSPS) is 30.7. The van der Waals surface area contributed by atoms with E-state index >= 15 is 0 Å². The van der Waals surface area contributed by atoms with Crippen molar-refractivity contribution in [2.75, 3.05) is 13.2 Å². The molecule has 0 aromatic heterocycles. The zero-order valence-corrected chi connectivity index (χ0v) is 8.93. The molecule has 80 valence electrons. The van der Waals surface area contributed by atoms with Crippen molar-refractivity contribution >= 4 is 0 Å². The van der Waals surface area contributed by atoms with E-state index in [0.717, 1.165) is 19.8 Å². The van der Waals surface area contributed by atoms with E-state index < -0.39 is 0 Å². The van der Waals surface area contributed by atoms with Gasteiger partial charge in [0.05, 0.1) is 13.2 Å². The SMILES string of the molecule is c1ccc(CN2[C@@H]3CC[C@H]2COC3)cc1. The van der Waals surface area contributed by atoms with Crippen LogP contribution in [0.1, 0.15) is 18.4 Å². The van der Waals surface area contributed by atoms with Gasteiger partial charge in [0.15, 0.2) is 0 Å². The van der Waals surface area contributed by atoms with Crippen molar-refractivity contribution in [3.05, 3.63) is 35.9 Å². The van der Waals surface area contributed by atoms with Crippen molar-refractivity contribution in [1.82, 2.24) is 4.90 Å². The Morgan fingerprint density at radius 1 is 1.07 bits per heavy atom. The highest BCUT2D eigenvalue weighted by molar-refractivity contribution is 5.15. The molecular weight excluding hydrogens is 186 g/mol. The molecule has 0 amide bonds. The van der Waals surface area contributed by atoms with E-state index in [4.69, 9.17) is 4.74 Å². The summed E-state index contributed by atoms with van der Waals surface area (Å²) in [7, 11) is 0. The highest BCUT2D eigenvalue weighted by Crippen LogP contribution is 2.30. The molecule has 0 aliphatic carbocycles. The van der Waals surface area contributed by atoms with Crippen molar-refractivity contribution in [3.63, 3.8) is 0 Å². The van der Waals surface area contributed by atoms with Gasteiger partial charge in [-0.1, -0.05) is 30.3 Å². The van der Waals surface area contributed by atoms with Gasteiger partial charge in [-0.15, -0.1) is 0 Å². The van der Waals surface area contributed by atoms with Gasteiger partial charge in [0.1, 0.15) is 0 Å². The number of benzene rings is 1. The Morgan fingerprint density at radius 2 is 1.73 bits per heavy atom. The standard InChI is InChI=1S/C13H17NO/c1-2-4-11(5-3-1)8-14-12-6-7-13(14)10-15-9-12/h1-5,12-13H,6-10H2/t12-,13+. The Hall–Kier alpha value is -0.860. The fraction of sp³-hybridized carbons (Fsp3) is 0.538. The van der Waals surface area contributed by atoms with E-state index in [2.05, 4.69) is 35.2 Å². The van der Waals surface area contributed by atoms with Crippen molar-refractivity contribution in [1.29, 1.82) is 0 Å².